The van der Waals surface area contributed by atoms with Crippen molar-refractivity contribution in [3.8, 4) is 0 Å². The average Bonchev–Trinajstić information content (AvgIpc) is 2.75. The number of hydrogen-bond donors (Lipinski definition) is 2. The maximum atomic E-state index is 12.3. The number of halogens is 1. The van der Waals surface area contributed by atoms with Gasteiger partial charge in [-0.05, 0) is 38.9 Å². The molecule has 0 spiro atoms. The number of hydrogen-bond acceptors (Lipinski definition) is 3. The highest BCUT2D eigenvalue weighted by molar-refractivity contribution is 5.85. The predicted octanol–water partition coefficient (Wildman–Crippen LogP) is 3.20. The van der Waals surface area contributed by atoms with Crippen LogP contribution in [0.1, 0.15) is 31.2 Å². The van der Waals surface area contributed by atoms with Gasteiger partial charge in [0.05, 0.1) is 6.04 Å². The lowest BCUT2D eigenvalue weighted by molar-refractivity contribution is -0.127. The summed E-state index contributed by atoms with van der Waals surface area (Å²) in [5.74, 6) is 1.45. The molecule has 0 aliphatic carbocycles. The van der Waals surface area contributed by atoms with Gasteiger partial charge in [0.2, 0.25) is 5.91 Å². The van der Waals surface area contributed by atoms with Gasteiger partial charge in [-0.2, -0.15) is 0 Å². The molecular weight excluding hydrogens is 300 g/mol. The van der Waals surface area contributed by atoms with Gasteiger partial charge in [-0.15, -0.1) is 12.4 Å². The molecule has 1 aliphatic rings. The van der Waals surface area contributed by atoms with E-state index in [-0.39, 0.29) is 30.3 Å². The molecule has 4 nitrogen and oxygen atoms in total. The molecule has 1 amide bonds. The zero-order valence-corrected chi connectivity index (χ0v) is 14.0. The molecular formula is C17H23ClN2O2. The predicted molar refractivity (Wildman–Crippen MR) is 90.3 cm³/mol. The first-order valence-corrected chi connectivity index (χ1v) is 7.57. The molecule has 1 aromatic heterocycles. The van der Waals surface area contributed by atoms with Crippen LogP contribution in [0.25, 0.3) is 11.0 Å². The van der Waals surface area contributed by atoms with Crippen LogP contribution in [0.3, 0.4) is 0 Å². The van der Waals surface area contributed by atoms with E-state index < -0.39 is 0 Å². The summed E-state index contributed by atoms with van der Waals surface area (Å²) < 4.78 is 5.91. The number of para-hydroxylation sites is 1. The second-order valence-electron chi connectivity index (χ2n) is 6.02. The number of carbonyl (C=O) groups excluding carboxylic acids is 1. The monoisotopic (exact) mass is 322 g/mol. The molecule has 2 unspecified atom stereocenters. The van der Waals surface area contributed by atoms with E-state index in [9.17, 15) is 4.79 Å². The Balaban J connectivity index is 0.00000176. The Morgan fingerprint density at radius 1 is 1.32 bits per heavy atom. The maximum absolute atomic E-state index is 12.3. The number of aryl methyl sites for hydroxylation is 1. The van der Waals surface area contributed by atoms with E-state index in [0.717, 1.165) is 35.4 Å². The van der Waals surface area contributed by atoms with Gasteiger partial charge >= 0.3 is 0 Å². The number of carbonyl (C=O) groups is 1. The summed E-state index contributed by atoms with van der Waals surface area (Å²) >= 11 is 0. The van der Waals surface area contributed by atoms with Crippen molar-refractivity contribution in [3.63, 3.8) is 0 Å². The van der Waals surface area contributed by atoms with Crippen molar-refractivity contribution >= 4 is 29.3 Å². The van der Waals surface area contributed by atoms with Crippen LogP contribution >= 0.6 is 12.4 Å². The smallest absolute Gasteiger partial charge is 0.223 e. The number of benzene rings is 1. The van der Waals surface area contributed by atoms with Crippen LogP contribution in [0.15, 0.2) is 28.7 Å². The van der Waals surface area contributed by atoms with E-state index in [2.05, 4.69) is 16.7 Å². The quantitative estimate of drug-likeness (QED) is 0.909. The first-order chi connectivity index (χ1) is 10.1. The van der Waals surface area contributed by atoms with Crippen molar-refractivity contribution in [1.82, 2.24) is 10.6 Å². The van der Waals surface area contributed by atoms with Gasteiger partial charge in [0.15, 0.2) is 0 Å². The first-order valence-electron chi connectivity index (χ1n) is 7.57. The SMILES string of the molecule is Cc1c(C(C)NC(=O)C(C)C2CNC2)oc2ccccc12.Cl. The highest BCUT2D eigenvalue weighted by Crippen LogP contribution is 2.29. The molecule has 1 aliphatic heterocycles. The summed E-state index contributed by atoms with van der Waals surface area (Å²) in [6, 6.07) is 7.87. The molecule has 1 saturated heterocycles. The Labute approximate surface area is 137 Å². The Bertz CT molecular complexity index is 664. The van der Waals surface area contributed by atoms with E-state index in [1.165, 1.54) is 0 Å². The molecule has 120 valence electrons. The number of furan rings is 1. The molecule has 3 rings (SSSR count). The topological polar surface area (TPSA) is 54.3 Å². The van der Waals surface area contributed by atoms with E-state index in [4.69, 9.17) is 4.42 Å². The molecule has 1 aromatic carbocycles. The van der Waals surface area contributed by atoms with Gasteiger partial charge in [-0.3, -0.25) is 4.79 Å². The van der Waals surface area contributed by atoms with Gasteiger partial charge in [-0.1, -0.05) is 25.1 Å². The lowest BCUT2D eigenvalue weighted by Gasteiger charge is -2.32. The molecule has 2 heterocycles. The summed E-state index contributed by atoms with van der Waals surface area (Å²) in [5, 5.41) is 7.41. The number of amides is 1. The highest BCUT2D eigenvalue weighted by atomic mass is 35.5. The minimum atomic E-state index is -0.111. The molecule has 0 saturated carbocycles. The molecule has 5 heteroatoms. The molecule has 2 aromatic rings. The van der Waals surface area contributed by atoms with Gasteiger partial charge in [0.25, 0.3) is 0 Å². The van der Waals surface area contributed by atoms with Crippen LogP contribution in [0.5, 0.6) is 0 Å². The number of rotatable bonds is 4. The Hall–Kier alpha value is -1.52. The fraction of sp³-hybridized carbons (Fsp3) is 0.471. The second kappa shape index (κ2) is 6.71. The third kappa shape index (κ3) is 2.99. The van der Waals surface area contributed by atoms with E-state index in [0.29, 0.717) is 5.92 Å². The minimum Gasteiger partial charge on any atom is -0.459 e. The molecule has 0 bridgehead atoms. The third-order valence-corrected chi connectivity index (χ3v) is 4.57. The lowest BCUT2D eigenvalue weighted by Crippen LogP contribution is -2.49. The van der Waals surface area contributed by atoms with Crippen LogP contribution < -0.4 is 10.6 Å². The Kier molecular flexibility index (Phi) is 5.14. The fourth-order valence-corrected chi connectivity index (χ4v) is 2.90. The summed E-state index contributed by atoms with van der Waals surface area (Å²) in [6.07, 6.45) is 0. The lowest BCUT2D eigenvalue weighted by atomic mass is 9.88. The van der Waals surface area contributed by atoms with Crippen LogP contribution in [-0.2, 0) is 4.79 Å². The Morgan fingerprint density at radius 3 is 2.59 bits per heavy atom. The third-order valence-electron chi connectivity index (χ3n) is 4.57. The number of fused-ring (bicyclic) bond motifs is 1. The molecule has 2 atom stereocenters. The van der Waals surface area contributed by atoms with Crippen molar-refractivity contribution in [2.24, 2.45) is 11.8 Å². The standard InChI is InChI=1S/C17H22N2O2.ClH/c1-10(13-8-18-9-13)17(20)19-12(3)16-11(2)14-6-4-5-7-15(14)21-16;/h4-7,10,12-13,18H,8-9H2,1-3H3,(H,19,20);1H. The summed E-state index contributed by atoms with van der Waals surface area (Å²) in [5.41, 5.74) is 1.98. The van der Waals surface area contributed by atoms with Gasteiger partial charge in [-0.25, -0.2) is 0 Å². The van der Waals surface area contributed by atoms with Crippen LogP contribution in [0.2, 0.25) is 0 Å². The van der Waals surface area contributed by atoms with Crippen LogP contribution in [-0.4, -0.2) is 19.0 Å². The van der Waals surface area contributed by atoms with Crippen molar-refractivity contribution in [2.45, 2.75) is 26.8 Å². The summed E-state index contributed by atoms with van der Waals surface area (Å²) in [7, 11) is 0. The van der Waals surface area contributed by atoms with E-state index in [1.807, 2.05) is 39.0 Å². The summed E-state index contributed by atoms with van der Waals surface area (Å²) in [6.45, 7) is 7.90. The first kappa shape index (κ1) is 16.8. The van der Waals surface area contributed by atoms with Gasteiger partial charge in [0.1, 0.15) is 11.3 Å². The normalized spacial score (nSPS) is 17.4. The van der Waals surface area contributed by atoms with Crippen molar-refractivity contribution < 1.29 is 9.21 Å². The highest BCUT2D eigenvalue weighted by Gasteiger charge is 2.30. The fourth-order valence-electron chi connectivity index (χ4n) is 2.90. The van der Waals surface area contributed by atoms with E-state index in [1.54, 1.807) is 0 Å². The van der Waals surface area contributed by atoms with Crippen molar-refractivity contribution in [2.75, 3.05) is 13.1 Å². The molecule has 0 radical (unpaired) electrons. The minimum absolute atomic E-state index is 0. The molecule has 1 fully saturated rings. The number of nitrogens with one attached hydrogen (secondary N) is 2. The zero-order valence-electron chi connectivity index (χ0n) is 13.2. The zero-order chi connectivity index (χ0) is 15.0. The largest absolute Gasteiger partial charge is 0.459 e. The van der Waals surface area contributed by atoms with Crippen molar-refractivity contribution in [3.05, 3.63) is 35.6 Å². The van der Waals surface area contributed by atoms with Crippen LogP contribution in [0.4, 0.5) is 0 Å². The maximum Gasteiger partial charge on any atom is 0.223 e. The molecule has 2 N–H and O–H groups in total. The second-order valence-corrected chi connectivity index (χ2v) is 6.02. The van der Waals surface area contributed by atoms with Gasteiger partial charge < -0.3 is 15.1 Å². The molecule has 22 heavy (non-hydrogen) atoms. The van der Waals surface area contributed by atoms with Crippen LogP contribution in [0, 0.1) is 18.8 Å². The summed E-state index contributed by atoms with van der Waals surface area (Å²) in [4.78, 5) is 12.3. The Morgan fingerprint density at radius 2 is 2.00 bits per heavy atom. The van der Waals surface area contributed by atoms with Gasteiger partial charge in [0, 0.05) is 16.9 Å². The van der Waals surface area contributed by atoms with Crippen molar-refractivity contribution in [1.29, 1.82) is 0 Å². The average molecular weight is 323 g/mol. The van der Waals surface area contributed by atoms with E-state index >= 15 is 0 Å².